The average Bonchev–Trinajstić information content (AvgIpc) is 2.46. The fourth-order valence-corrected chi connectivity index (χ4v) is 2.14. The van der Waals surface area contributed by atoms with Crippen LogP contribution in [-0.2, 0) is 16.0 Å². The van der Waals surface area contributed by atoms with E-state index < -0.39 is 36.0 Å². The smallest absolute Gasteiger partial charge is 0.326 e. The summed E-state index contributed by atoms with van der Waals surface area (Å²) in [5, 5.41) is 11.4. The number of nitrogens with one attached hydrogen (secondary N) is 1. The van der Waals surface area contributed by atoms with Crippen molar-refractivity contribution in [3.63, 3.8) is 0 Å². The van der Waals surface area contributed by atoms with Crippen molar-refractivity contribution in [2.24, 2.45) is 0 Å². The molecule has 1 rings (SSSR count). The van der Waals surface area contributed by atoms with Crippen LogP contribution in [0.5, 0.6) is 0 Å². The molecule has 1 aromatic carbocycles. The molecule has 0 aromatic heterocycles. The first-order chi connectivity index (χ1) is 10.5. The summed E-state index contributed by atoms with van der Waals surface area (Å²) >= 11 is 0. The number of amides is 1. The second-order valence-corrected chi connectivity index (χ2v) is 5.18. The van der Waals surface area contributed by atoms with Crippen molar-refractivity contribution in [3.05, 3.63) is 35.4 Å². The molecule has 0 aliphatic heterocycles. The molecule has 6 heteroatoms. The SMILES string of the molecule is CCCCCC[C@@H](NC(=O)Cc1c(F)cccc1F)C(=O)O. The minimum Gasteiger partial charge on any atom is -0.480 e. The number of hydrogen-bond donors (Lipinski definition) is 2. The number of carbonyl (C=O) groups is 2. The standard InChI is InChI=1S/C16H21F2NO3/c1-2-3-4-5-9-14(16(21)22)19-15(20)10-11-12(17)7-6-8-13(11)18/h6-8,14H,2-5,9-10H2,1H3,(H,19,20)(H,21,22)/t14-/m1/s1. The monoisotopic (exact) mass is 313 g/mol. The first-order valence-electron chi connectivity index (χ1n) is 7.40. The zero-order valence-corrected chi connectivity index (χ0v) is 12.6. The third-order valence-electron chi connectivity index (χ3n) is 3.38. The molecule has 0 aliphatic carbocycles. The van der Waals surface area contributed by atoms with Gasteiger partial charge in [0.2, 0.25) is 5.91 Å². The minimum atomic E-state index is -1.14. The van der Waals surface area contributed by atoms with E-state index >= 15 is 0 Å². The summed E-state index contributed by atoms with van der Waals surface area (Å²) < 4.78 is 26.9. The van der Waals surface area contributed by atoms with Gasteiger partial charge in [0.15, 0.2) is 0 Å². The van der Waals surface area contributed by atoms with E-state index in [1.54, 1.807) is 0 Å². The lowest BCUT2D eigenvalue weighted by Crippen LogP contribution is -2.41. The van der Waals surface area contributed by atoms with Gasteiger partial charge in [-0.05, 0) is 18.6 Å². The Morgan fingerprint density at radius 2 is 1.82 bits per heavy atom. The van der Waals surface area contributed by atoms with E-state index in [1.165, 1.54) is 6.07 Å². The van der Waals surface area contributed by atoms with E-state index in [-0.39, 0.29) is 5.56 Å². The van der Waals surface area contributed by atoms with Gasteiger partial charge in [-0.15, -0.1) is 0 Å². The fourth-order valence-electron chi connectivity index (χ4n) is 2.14. The average molecular weight is 313 g/mol. The van der Waals surface area contributed by atoms with Crippen LogP contribution in [0.15, 0.2) is 18.2 Å². The highest BCUT2D eigenvalue weighted by Crippen LogP contribution is 2.13. The van der Waals surface area contributed by atoms with E-state index in [0.717, 1.165) is 31.4 Å². The fraction of sp³-hybridized carbons (Fsp3) is 0.500. The van der Waals surface area contributed by atoms with Gasteiger partial charge in [-0.1, -0.05) is 38.7 Å². The molecular weight excluding hydrogens is 292 g/mol. The number of hydrogen-bond acceptors (Lipinski definition) is 2. The molecular formula is C16H21F2NO3. The van der Waals surface area contributed by atoms with Crippen LogP contribution in [0.4, 0.5) is 8.78 Å². The lowest BCUT2D eigenvalue weighted by Gasteiger charge is -2.14. The first kappa shape index (κ1) is 18.1. The van der Waals surface area contributed by atoms with Crippen LogP contribution >= 0.6 is 0 Å². The van der Waals surface area contributed by atoms with Gasteiger partial charge >= 0.3 is 5.97 Å². The van der Waals surface area contributed by atoms with E-state index in [0.29, 0.717) is 12.8 Å². The van der Waals surface area contributed by atoms with Gasteiger partial charge < -0.3 is 10.4 Å². The zero-order valence-electron chi connectivity index (χ0n) is 12.6. The van der Waals surface area contributed by atoms with Crippen LogP contribution in [0.25, 0.3) is 0 Å². The van der Waals surface area contributed by atoms with Crippen molar-refractivity contribution in [2.45, 2.75) is 51.5 Å². The van der Waals surface area contributed by atoms with Gasteiger partial charge in [0.1, 0.15) is 17.7 Å². The normalized spacial score (nSPS) is 12.0. The molecule has 0 saturated heterocycles. The molecule has 0 saturated carbocycles. The van der Waals surface area contributed by atoms with Crippen molar-refractivity contribution in [3.8, 4) is 0 Å². The molecule has 0 spiro atoms. The molecule has 0 heterocycles. The van der Waals surface area contributed by atoms with Crippen LogP contribution in [0.3, 0.4) is 0 Å². The Balaban J connectivity index is 2.58. The molecule has 0 bridgehead atoms. The van der Waals surface area contributed by atoms with Crippen molar-refractivity contribution >= 4 is 11.9 Å². The minimum absolute atomic E-state index is 0.306. The Bertz CT molecular complexity index is 500. The van der Waals surface area contributed by atoms with E-state index in [9.17, 15) is 18.4 Å². The molecule has 2 N–H and O–H groups in total. The summed E-state index contributed by atoms with van der Waals surface area (Å²) in [5.41, 5.74) is -0.352. The first-order valence-corrected chi connectivity index (χ1v) is 7.40. The van der Waals surface area contributed by atoms with Gasteiger partial charge in [0.05, 0.1) is 6.42 Å². The Kier molecular flexibility index (Phi) is 7.49. The van der Waals surface area contributed by atoms with Crippen molar-refractivity contribution in [2.75, 3.05) is 0 Å². The topological polar surface area (TPSA) is 66.4 Å². The van der Waals surface area contributed by atoms with Crippen LogP contribution in [0.1, 0.15) is 44.6 Å². The van der Waals surface area contributed by atoms with Crippen LogP contribution in [0, 0.1) is 11.6 Å². The van der Waals surface area contributed by atoms with Crippen LogP contribution < -0.4 is 5.32 Å². The van der Waals surface area contributed by atoms with Crippen molar-refractivity contribution in [1.29, 1.82) is 0 Å². The van der Waals surface area contributed by atoms with Gasteiger partial charge in [0.25, 0.3) is 0 Å². The molecule has 0 aliphatic rings. The summed E-state index contributed by atoms with van der Waals surface area (Å²) in [7, 11) is 0. The second-order valence-electron chi connectivity index (χ2n) is 5.18. The Morgan fingerprint density at radius 1 is 1.18 bits per heavy atom. The third kappa shape index (κ3) is 5.79. The lowest BCUT2D eigenvalue weighted by atomic mass is 10.1. The highest BCUT2D eigenvalue weighted by molar-refractivity contribution is 5.84. The maximum atomic E-state index is 13.5. The predicted molar refractivity (Wildman–Crippen MR) is 78.4 cm³/mol. The molecule has 0 radical (unpaired) electrons. The quantitative estimate of drug-likeness (QED) is 0.689. The molecule has 0 fully saturated rings. The molecule has 4 nitrogen and oxygen atoms in total. The molecule has 1 aromatic rings. The lowest BCUT2D eigenvalue weighted by molar-refractivity contribution is -0.142. The van der Waals surface area contributed by atoms with E-state index in [2.05, 4.69) is 5.32 Å². The maximum Gasteiger partial charge on any atom is 0.326 e. The second kappa shape index (κ2) is 9.12. The number of aliphatic carboxylic acids is 1. The number of halogens is 2. The highest BCUT2D eigenvalue weighted by Gasteiger charge is 2.21. The third-order valence-corrected chi connectivity index (χ3v) is 3.38. The van der Waals surface area contributed by atoms with Crippen LogP contribution in [0.2, 0.25) is 0 Å². The number of benzene rings is 1. The zero-order chi connectivity index (χ0) is 16.5. The summed E-state index contributed by atoms with van der Waals surface area (Å²) in [4.78, 5) is 22.9. The Morgan fingerprint density at radius 3 is 2.36 bits per heavy atom. The summed E-state index contributed by atoms with van der Waals surface area (Å²) in [6.45, 7) is 2.04. The Labute approximate surface area is 128 Å². The molecule has 122 valence electrons. The van der Waals surface area contributed by atoms with E-state index in [4.69, 9.17) is 5.11 Å². The number of carboxylic acids is 1. The summed E-state index contributed by atoms with van der Waals surface area (Å²) in [5.74, 6) is -3.47. The highest BCUT2D eigenvalue weighted by atomic mass is 19.1. The maximum absolute atomic E-state index is 13.5. The van der Waals surface area contributed by atoms with Gasteiger partial charge in [-0.2, -0.15) is 0 Å². The number of carbonyl (C=O) groups excluding carboxylic acids is 1. The molecule has 22 heavy (non-hydrogen) atoms. The van der Waals surface area contributed by atoms with Crippen molar-refractivity contribution in [1.82, 2.24) is 5.32 Å². The molecule has 1 atom stereocenters. The largest absolute Gasteiger partial charge is 0.480 e. The van der Waals surface area contributed by atoms with Crippen molar-refractivity contribution < 1.29 is 23.5 Å². The van der Waals surface area contributed by atoms with E-state index in [1.807, 2.05) is 6.92 Å². The predicted octanol–water partition coefficient (Wildman–Crippen LogP) is 3.05. The summed E-state index contributed by atoms with van der Waals surface area (Å²) in [6, 6.07) is 2.30. The molecule has 0 unspecified atom stereocenters. The molecule has 1 amide bonds. The number of unbranched alkanes of at least 4 members (excludes halogenated alkanes) is 3. The van der Waals surface area contributed by atoms with Gasteiger partial charge in [0, 0.05) is 5.56 Å². The van der Waals surface area contributed by atoms with Gasteiger partial charge in [-0.3, -0.25) is 4.79 Å². The Hall–Kier alpha value is -1.98. The number of carboxylic acid groups (broad SMARTS) is 1. The number of rotatable bonds is 9. The summed E-state index contributed by atoms with van der Waals surface area (Å²) in [6.07, 6.45) is 3.38. The van der Waals surface area contributed by atoms with Gasteiger partial charge in [-0.25, -0.2) is 13.6 Å². The van der Waals surface area contributed by atoms with Crippen LogP contribution in [-0.4, -0.2) is 23.0 Å².